The van der Waals surface area contributed by atoms with Gasteiger partial charge in [-0.3, -0.25) is 14.6 Å². The Balaban J connectivity index is 0.000000342. The van der Waals surface area contributed by atoms with Gasteiger partial charge in [-0.05, 0) is 12.1 Å². The van der Waals surface area contributed by atoms with E-state index in [1.54, 1.807) is 18.2 Å². The number of carbonyl (C=O) groups excluding carboxylic acids is 2. The van der Waals surface area contributed by atoms with E-state index in [-0.39, 0.29) is 0 Å². The fraction of sp³-hybridized carbons (Fsp3) is 0.364. The molecule has 0 saturated carbocycles. The number of nitrogens with two attached hydrogens (primary N) is 2. The van der Waals surface area contributed by atoms with Crippen LogP contribution in [-0.4, -0.2) is 23.0 Å². The fourth-order valence-electron chi connectivity index (χ4n) is 0.926. The van der Waals surface area contributed by atoms with Gasteiger partial charge in [0.1, 0.15) is 5.69 Å². The van der Waals surface area contributed by atoms with Gasteiger partial charge in [0.25, 0.3) is 5.91 Å². The average molecular weight is 277 g/mol. The van der Waals surface area contributed by atoms with E-state index in [0.29, 0.717) is 5.69 Å². The molecule has 19 heavy (non-hydrogen) atoms. The van der Waals surface area contributed by atoms with E-state index < -0.39 is 30.3 Å². The van der Waals surface area contributed by atoms with Crippen LogP contribution in [0.25, 0.3) is 0 Å². The Bertz CT molecular complexity index is 421. The third-order valence-electron chi connectivity index (χ3n) is 1.98. The third-order valence-corrected chi connectivity index (χ3v) is 1.98. The molecule has 0 aliphatic carbocycles. The fourth-order valence-corrected chi connectivity index (χ4v) is 0.926. The van der Waals surface area contributed by atoms with E-state index in [9.17, 15) is 22.8 Å². The number of hydrogen-bond acceptors (Lipinski definition) is 3. The molecule has 2 amide bonds. The minimum Gasteiger partial charge on any atom is -0.370 e. The van der Waals surface area contributed by atoms with Crippen molar-refractivity contribution in [2.24, 2.45) is 17.4 Å². The summed E-state index contributed by atoms with van der Waals surface area (Å²) in [6, 6.07) is 5.02. The van der Waals surface area contributed by atoms with Gasteiger partial charge in [-0.2, -0.15) is 13.2 Å². The zero-order chi connectivity index (χ0) is 15.1. The number of amides is 2. The maximum atomic E-state index is 11.6. The highest BCUT2D eigenvalue weighted by atomic mass is 19.4. The molecule has 0 saturated heterocycles. The molecule has 8 heteroatoms. The lowest BCUT2D eigenvalue weighted by atomic mass is 10.1. The molecule has 1 rings (SSSR count). The normalized spacial score (nSPS) is 12.0. The van der Waals surface area contributed by atoms with Gasteiger partial charge in [-0.15, -0.1) is 0 Å². The zero-order valence-corrected chi connectivity index (χ0v) is 10.1. The van der Waals surface area contributed by atoms with Crippen molar-refractivity contribution in [1.29, 1.82) is 0 Å². The predicted octanol–water partition coefficient (Wildman–Crippen LogP) is 1.24. The van der Waals surface area contributed by atoms with Gasteiger partial charge in [0.15, 0.2) is 0 Å². The quantitative estimate of drug-likeness (QED) is 0.869. The topological polar surface area (TPSA) is 99.1 Å². The number of hydrogen-bond donors (Lipinski definition) is 2. The van der Waals surface area contributed by atoms with Gasteiger partial charge < -0.3 is 11.5 Å². The van der Waals surface area contributed by atoms with Crippen LogP contribution in [0, 0.1) is 5.92 Å². The van der Waals surface area contributed by atoms with Crippen molar-refractivity contribution in [2.75, 3.05) is 0 Å². The lowest BCUT2D eigenvalue weighted by Crippen LogP contribution is -2.25. The third kappa shape index (κ3) is 7.74. The van der Waals surface area contributed by atoms with Gasteiger partial charge in [-0.1, -0.05) is 13.0 Å². The van der Waals surface area contributed by atoms with Gasteiger partial charge in [0.2, 0.25) is 5.91 Å². The summed E-state index contributed by atoms with van der Waals surface area (Å²) in [6.45, 7) is 0.921. The first-order valence-corrected chi connectivity index (χ1v) is 5.20. The summed E-state index contributed by atoms with van der Waals surface area (Å²) >= 11 is 0. The Morgan fingerprint density at radius 1 is 1.32 bits per heavy atom. The Hall–Kier alpha value is -2.12. The van der Waals surface area contributed by atoms with Gasteiger partial charge in [0.05, 0.1) is 5.92 Å². The number of rotatable bonds is 3. The van der Waals surface area contributed by atoms with Crippen molar-refractivity contribution in [3.05, 3.63) is 30.1 Å². The molecule has 0 radical (unpaired) electrons. The number of pyridine rings is 1. The summed E-state index contributed by atoms with van der Waals surface area (Å²) in [5.41, 5.74) is 9.77. The smallest absolute Gasteiger partial charge is 0.370 e. The van der Waals surface area contributed by atoms with E-state index in [2.05, 4.69) is 10.7 Å². The molecular weight excluding hydrogens is 263 g/mol. The van der Waals surface area contributed by atoms with Crippen molar-refractivity contribution in [3.8, 4) is 0 Å². The van der Waals surface area contributed by atoms with Crippen LogP contribution in [0.4, 0.5) is 13.2 Å². The highest BCUT2D eigenvalue weighted by molar-refractivity contribution is 5.90. The van der Waals surface area contributed by atoms with Crippen molar-refractivity contribution in [1.82, 2.24) is 4.98 Å². The molecule has 5 nitrogen and oxygen atoms in total. The van der Waals surface area contributed by atoms with Crippen molar-refractivity contribution in [2.45, 2.75) is 19.5 Å². The summed E-state index contributed by atoms with van der Waals surface area (Å²) in [7, 11) is 0. The first-order chi connectivity index (χ1) is 8.64. The summed E-state index contributed by atoms with van der Waals surface area (Å²) in [6.07, 6.45) is -3.42. The van der Waals surface area contributed by atoms with Crippen LogP contribution >= 0.6 is 0 Å². The molecule has 0 fully saturated rings. The van der Waals surface area contributed by atoms with Crippen molar-refractivity contribution in [3.63, 3.8) is 0 Å². The van der Waals surface area contributed by atoms with Gasteiger partial charge in [0, 0.05) is 12.6 Å². The van der Waals surface area contributed by atoms with E-state index >= 15 is 0 Å². The molecule has 0 spiro atoms. The first kappa shape index (κ1) is 16.9. The standard InChI is InChI=1S/C6H6N2O.C5H8F3NO/c7-6(9)5-3-1-2-4-8-5;1-3(2-4(9)10)5(6,7)8/h1-4H,(H2,7,9);3H,2H2,1H3,(H2,9,10). The first-order valence-electron chi connectivity index (χ1n) is 5.20. The number of primary amides is 2. The number of alkyl halides is 3. The maximum Gasteiger partial charge on any atom is 0.392 e. The monoisotopic (exact) mass is 277 g/mol. The van der Waals surface area contributed by atoms with Crippen LogP contribution in [0.2, 0.25) is 0 Å². The highest BCUT2D eigenvalue weighted by Gasteiger charge is 2.36. The summed E-state index contributed by atoms with van der Waals surface area (Å²) in [5.74, 6) is -3.05. The molecule has 1 heterocycles. The van der Waals surface area contributed by atoms with Gasteiger partial charge in [-0.25, -0.2) is 0 Å². The second kappa shape index (κ2) is 7.34. The Morgan fingerprint density at radius 2 is 1.89 bits per heavy atom. The largest absolute Gasteiger partial charge is 0.392 e. The van der Waals surface area contributed by atoms with Gasteiger partial charge >= 0.3 is 6.18 Å². The Labute approximate surface area is 107 Å². The SMILES string of the molecule is CC(CC(N)=O)C(F)(F)F.NC(=O)c1ccccn1. The van der Waals surface area contributed by atoms with Crippen LogP contribution < -0.4 is 11.5 Å². The van der Waals surface area contributed by atoms with Crippen LogP contribution in [0.15, 0.2) is 24.4 Å². The molecule has 1 aromatic heterocycles. The Morgan fingerprint density at radius 3 is 2.11 bits per heavy atom. The van der Waals surface area contributed by atoms with E-state index in [4.69, 9.17) is 5.73 Å². The summed E-state index contributed by atoms with van der Waals surface area (Å²) in [4.78, 5) is 24.0. The predicted molar refractivity (Wildman–Crippen MR) is 61.8 cm³/mol. The minimum absolute atomic E-state index is 0.303. The van der Waals surface area contributed by atoms with E-state index in [1.165, 1.54) is 6.20 Å². The lowest BCUT2D eigenvalue weighted by molar-refractivity contribution is -0.173. The lowest BCUT2D eigenvalue weighted by Gasteiger charge is -2.12. The molecule has 0 aliphatic heterocycles. The molecule has 1 unspecified atom stereocenters. The van der Waals surface area contributed by atoms with Crippen LogP contribution in [0.1, 0.15) is 23.8 Å². The molecule has 106 valence electrons. The number of carbonyl (C=O) groups is 2. The average Bonchev–Trinajstić information content (AvgIpc) is 2.29. The molecule has 1 aromatic rings. The number of halogens is 3. The van der Waals surface area contributed by atoms with Crippen LogP contribution in [-0.2, 0) is 4.79 Å². The molecule has 0 aromatic carbocycles. The number of aromatic nitrogens is 1. The second-order valence-corrected chi connectivity index (χ2v) is 3.69. The Kier molecular flexibility index (Phi) is 6.53. The summed E-state index contributed by atoms with van der Waals surface area (Å²) in [5, 5.41) is 0. The molecular formula is C11H14F3N3O2. The molecule has 0 aliphatic rings. The van der Waals surface area contributed by atoms with E-state index in [1.807, 2.05) is 0 Å². The molecule has 1 atom stereocenters. The summed E-state index contributed by atoms with van der Waals surface area (Å²) < 4.78 is 34.8. The second-order valence-electron chi connectivity index (χ2n) is 3.69. The minimum atomic E-state index is -4.31. The number of nitrogens with zero attached hydrogens (tertiary/aromatic N) is 1. The zero-order valence-electron chi connectivity index (χ0n) is 10.1. The van der Waals surface area contributed by atoms with Crippen LogP contribution in [0.3, 0.4) is 0 Å². The van der Waals surface area contributed by atoms with Crippen molar-refractivity contribution >= 4 is 11.8 Å². The highest BCUT2D eigenvalue weighted by Crippen LogP contribution is 2.27. The molecule has 0 bridgehead atoms. The van der Waals surface area contributed by atoms with Crippen molar-refractivity contribution < 1.29 is 22.8 Å². The molecule has 4 N–H and O–H groups in total. The maximum absolute atomic E-state index is 11.6. The van der Waals surface area contributed by atoms with Crippen LogP contribution in [0.5, 0.6) is 0 Å². The van der Waals surface area contributed by atoms with E-state index in [0.717, 1.165) is 6.92 Å².